The highest BCUT2D eigenvalue weighted by Crippen LogP contribution is 2.30. The fraction of sp³-hybridized carbons (Fsp3) is 0.462. The Morgan fingerprint density at radius 3 is 2.61 bits per heavy atom. The van der Waals surface area contributed by atoms with E-state index >= 15 is 0 Å². The Labute approximate surface area is 107 Å². The van der Waals surface area contributed by atoms with Gasteiger partial charge in [-0.3, -0.25) is 4.79 Å². The molecule has 0 aliphatic carbocycles. The van der Waals surface area contributed by atoms with Gasteiger partial charge in [-0.05, 0) is 18.9 Å². The van der Waals surface area contributed by atoms with Gasteiger partial charge in [-0.15, -0.1) is 0 Å². The van der Waals surface area contributed by atoms with Gasteiger partial charge in [-0.25, -0.2) is 0 Å². The Morgan fingerprint density at radius 1 is 1.33 bits per heavy atom. The van der Waals surface area contributed by atoms with Crippen molar-refractivity contribution in [2.75, 3.05) is 14.2 Å². The van der Waals surface area contributed by atoms with Crippen molar-refractivity contribution >= 4 is 5.91 Å². The molecule has 100 valence electrons. The number of nitrogens with two attached hydrogens (primary N) is 2. The molecule has 18 heavy (non-hydrogen) atoms. The van der Waals surface area contributed by atoms with Crippen LogP contribution in [0.25, 0.3) is 0 Å². The molecule has 0 saturated heterocycles. The smallest absolute Gasteiger partial charge is 0.217 e. The van der Waals surface area contributed by atoms with Gasteiger partial charge < -0.3 is 20.9 Å². The highest BCUT2D eigenvalue weighted by atomic mass is 16.5. The maximum atomic E-state index is 10.7. The minimum absolute atomic E-state index is 0.176. The first-order valence-electron chi connectivity index (χ1n) is 5.84. The third-order valence-electron chi connectivity index (χ3n) is 2.78. The van der Waals surface area contributed by atoms with Crippen LogP contribution in [0.4, 0.5) is 0 Å². The highest BCUT2D eigenvalue weighted by Gasteiger charge is 2.13. The number of primary amides is 1. The molecule has 1 amide bonds. The van der Waals surface area contributed by atoms with Gasteiger partial charge >= 0.3 is 0 Å². The van der Waals surface area contributed by atoms with E-state index in [4.69, 9.17) is 20.9 Å². The fourth-order valence-electron chi connectivity index (χ4n) is 1.78. The lowest BCUT2D eigenvalue weighted by molar-refractivity contribution is -0.118. The Morgan fingerprint density at radius 2 is 2.06 bits per heavy atom. The fourth-order valence-corrected chi connectivity index (χ4v) is 1.78. The molecule has 1 aromatic carbocycles. The van der Waals surface area contributed by atoms with Gasteiger partial charge in [0, 0.05) is 24.1 Å². The zero-order valence-electron chi connectivity index (χ0n) is 10.8. The third-order valence-corrected chi connectivity index (χ3v) is 2.78. The van der Waals surface area contributed by atoms with Crippen molar-refractivity contribution in [3.63, 3.8) is 0 Å². The molecule has 0 radical (unpaired) electrons. The van der Waals surface area contributed by atoms with Crippen molar-refractivity contribution in [1.82, 2.24) is 0 Å². The number of carbonyl (C=O) groups is 1. The summed E-state index contributed by atoms with van der Waals surface area (Å²) in [5.74, 6) is 1.12. The minimum Gasteiger partial charge on any atom is -0.497 e. The molecule has 0 aromatic heterocycles. The van der Waals surface area contributed by atoms with Crippen molar-refractivity contribution in [2.45, 2.75) is 25.3 Å². The lowest BCUT2D eigenvalue weighted by Gasteiger charge is -2.16. The van der Waals surface area contributed by atoms with Crippen LogP contribution in [0.3, 0.4) is 0 Å². The van der Waals surface area contributed by atoms with Crippen LogP contribution in [0.1, 0.15) is 30.9 Å². The minimum atomic E-state index is -0.302. The van der Waals surface area contributed by atoms with Crippen LogP contribution in [0.5, 0.6) is 11.5 Å². The van der Waals surface area contributed by atoms with E-state index in [1.807, 2.05) is 12.1 Å². The van der Waals surface area contributed by atoms with Gasteiger partial charge in [0.15, 0.2) is 0 Å². The van der Waals surface area contributed by atoms with Crippen molar-refractivity contribution < 1.29 is 14.3 Å². The largest absolute Gasteiger partial charge is 0.497 e. The number of hydrogen-bond donors (Lipinski definition) is 2. The maximum absolute atomic E-state index is 10.7. The molecule has 1 aromatic rings. The Kier molecular flexibility index (Phi) is 5.45. The average Bonchev–Trinajstić information content (AvgIpc) is 2.37. The quantitative estimate of drug-likeness (QED) is 0.767. The second-order valence-corrected chi connectivity index (χ2v) is 4.07. The third kappa shape index (κ3) is 3.92. The van der Waals surface area contributed by atoms with E-state index in [2.05, 4.69) is 0 Å². The van der Waals surface area contributed by atoms with Crippen LogP contribution in [-0.2, 0) is 4.79 Å². The van der Waals surface area contributed by atoms with Gasteiger partial charge in [0.05, 0.1) is 14.2 Å². The van der Waals surface area contributed by atoms with Gasteiger partial charge in [-0.1, -0.05) is 6.07 Å². The van der Waals surface area contributed by atoms with E-state index < -0.39 is 0 Å². The Bertz CT molecular complexity index is 407. The van der Waals surface area contributed by atoms with Crippen LogP contribution in [-0.4, -0.2) is 20.1 Å². The monoisotopic (exact) mass is 252 g/mol. The summed E-state index contributed by atoms with van der Waals surface area (Å²) in [5.41, 5.74) is 12.1. The standard InChI is InChI=1S/C13H20N2O3/c1-17-9-6-7-10(12(8-9)18-2)11(14)4-3-5-13(15)16/h6-8,11H,3-5,14H2,1-2H3,(H2,15,16). The van der Waals surface area contributed by atoms with E-state index in [1.165, 1.54) is 0 Å². The molecule has 5 heteroatoms. The summed E-state index contributed by atoms with van der Waals surface area (Å²) in [7, 11) is 3.19. The molecule has 0 spiro atoms. The lowest BCUT2D eigenvalue weighted by Crippen LogP contribution is -2.14. The first-order chi connectivity index (χ1) is 8.58. The molecule has 5 nitrogen and oxygen atoms in total. The van der Waals surface area contributed by atoms with Crippen LogP contribution in [0.15, 0.2) is 18.2 Å². The van der Waals surface area contributed by atoms with Crippen molar-refractivity contribution in [3.05, 3.63) is 23.8 Å². The number of benzene rings is 1. The molecule has 0 aliphatic heterocycles. The molecule has 4 N–H and O–H groups in total. The average molecular weight is 252 g/mol. The molecule has 0 saturated carbocycles. The first-order valence-corrected chi connectivity index (χ1v) is 5.84. The van der Waals surface area contributed by atoms with E-state index in [9.17, 15) is 4.79 Å². The van der Waals surface area contributed by atoms with Crippen LogP contribution in [0.2, 0.25) is 0 Å². The Balaban J connectivity index is 2.72. The molecular weight excluding hydrogens is 232 g/mol. The molecular formula is C13H20N2O3. The van der Waals surface area contributed by atoms with E-state index in [0.29, 0.717) is 25.0 Å². The van der Waals surface area contributed by atoms with E-state index in [-0.39, 0.29) is 11.9 Å². The zero-order chi connectivity index (χ0) is 13.5. The Hall–Kier alpha value is -1.75. The predicted octanol–water partition coefficient (Wildman–Crippen LogP) is 1.36. The number of ether oxygens (including phenoxy) is 2. The summed E-state index contributed by atoms with van der Waals surface area (Å²) >= 11 is 0. The first kappa shape index (κ1) is 14.3. The van der Waals surface area contributed by atoms with Crippen molar-refractivity contribution in [3.8, 4) is 11.5 Å². The number of carbonyl (C=O) groups excluding carboxylic acids is 1. The molecule has 0 bridgehead atoms. The van der Waals surface area contributed by atoms with E-state index in [1.54, 1.807) is 20.3 Å². The number of amides is 1. The molecule has 1 rings (SSSR count). The molecule has 1 atom stereocenters. The van der Waals surface area contributed by atoms with Gasteiger partial charge in [0.1, 0.15) is 11.5 Å². The second kappa shape index (κ2) is 6.86. The maximum Gasteiger partial charge on any atom is 0.217 e. The molecule has 1 unspecified atom stereocenters. The van der Waals surface area contributed by atoms with Gasteiger partial charge in [0.25, 0.3) is 0 Å². The predicted molar refractivity (Wildman–Crippen MR) is 69.5 cm³/mol. The molecule has 0 fully saturated rings. The molecule has 0 aliphatic rings. The van der Waals surface area contributed by atoms with Crippen LogP contribution in [0, 0.1) is 0 Å². The topological polar surface area (TPSA) is 87.6 Å². The summed E-state index contributed by atoms with van der Waals surface area (Å²) in [6.45, 7) is 0. The normalized spacial score (nSPS) is 11.9. The summed E-state index contributed by atoms with van der Waals surface area (Å²) in [4.78, 5) is 10.7. The number of rotatable bonds is 7. The second-order valence-electron chi connectivity index (χ2n) is 4.07. The summed E-state index contributed by atoms with van der Waals surface area (Å²) in [6, 6.07) is 5.34. The van der Waals surface area contributed by atoms with Crippen molar-refractivity contribution in [1.29, 1.82) is 0 Å². The van der Waals surface area contributed by atoms with Crippen molar-refractivity contribution in [2.24, 2.45) is 11.5 Å². The highest BCUT2D eigenvalue weighted by molar-refractivity contribution is 5.73. The van der Waals surface area contributed by atoms with Crippen LogP contribution >= 0.6 is 0 Å². The summed E-state index contributed by atoms with van der Waals surface area (Å²) in [6.07, 6.45) is 1.71. The SMILES string of the molecule is COc1ccc(C(N)CCCC(N)=O)c(OC)c1. The van der Waals surface area contributed by atoms with E-state index in [0.717, 1.165) is 11.3 Å². The zero-order valence-corrected chi connectivity index (χ0v) is 10.8. The molecule has 0 heterocycles. The van der Waals surface area contributed by atoms with Crippen LogP contribution < -0.4 is 20.9 Å². The summed E-state index contributed by atoms with van der Waals surface area (Å²) in [5, 5.41) is 0. The lowest BCUT2D eigenvalue weighted by atomic mass is 10.0. The summed E-state index contributed by atoms with van der Waals surface area (Å²) < 4.78 is 10.4. The number of hydrogen-bond acceptors (Lipinski definition) is 4. The number of methoxy groups -OCH3 is 2. The van der Waals surface area contributed by atoms with Gasteiger partial charge in [-0.2, -0.15) is 0 Å². The van der Waals surface area contributed by atoms with Gasteiger partial charge in [0.2, 0.25) is 5.91 Å².